The molecule has 0 bridgehead atoms. The lowest BCUT2D eigenvalue weighted by Crippen LogP contribution is -2.02. The number of hydrogen-bond donors (Lipinski definition) is 0. The van der Waals surface area contributed by atoms with E-state index in [-0.39, 0.29) is 0 Å². The fraction of sp³-hybridized carbons (Fsp3) is 0.111. The van der Waals surface area contributed by atoms with Gasteiger partial charge in [0, 0.05) is 4.88 Å². The highest BCUT2D eigenvalue weighted by molar-refractivity contribution is 9.11. The van der Waals surface area contributed by atoms with Crippen LogP contribution in [0.3, 0.4) is 0 Å². The molecule has 0 saturated heterocycles. The fourth-order valence-corrected chi connectivity index (χ4v) is 3.39. The van der Waals surface area contributed by atoms with Crippen molar-refractivity contribution in [3.05, 3.63) is 27.1 Å². The lowest BCUT2D eigenvalue weighted by Gasteiger charge is -1.97. The van der Waals surface area contributed by atoms with Gasteiger partial charge < -0.3 is 4.74 Å². The van der Waals surface area contributed by atoms with Crippen molar-refractivity contribution in [3.63, 3.8) is 0 Å². The minimum atomic E-state index is -0.393. The summed E-state index contributed by atoms with van der Waals surface area (Å²) in [5, 5.41) is 0. The summed E-state index contributed by atoms with van der Waals surface area (Å²) in [5.41, 5.74) is 2.03. The third kappa shape index (κ3) is 2.11. The number of halogens is 1. The minimum absolute atomic E-state index is 0.386. The summed E-state index contributed by atoms with van der Waals surface area (Å²) < 4.78 is 5.69. The van der Waals surface area contributed by atoms with Gasteiger partial charge in [-0.15, -0.1) is 22.7 Å². The summed E-state index contributed by atoms with van der Waals surface area (Å²) in [4.78, 5) is 17.3. The van der Waals surface area contributed by atoms with Crippen molar-refractivity contribution in [2.24, 2.45) is 0 Å². The average molecular weight is 304 g/mol. The summed E-state index contributed by atoms with van der Waals surface area (Å²) in [6, 6.07) is 3.90. The lowest BCUT2D eigenvalue weighted by molar-refractivity contribution is 0.0596. The molecule has 0 spiro atoms. The van der Waals surface area contributed by atoms with E-state index in [9.17, 15) is 4.79 Å². The number of carbonyl (C=O) groups excluding carboxylic acids is 1. The number of esters is 1. The van der Waals surface area contributed by atoms with Gasteiger partial charge in [-0.1, -0.05) is 0 Å². The van der Waals surface area contributed by atoms with Gasteiger partial charge in [-0.25, -0.2) is 9.78 Å². The Balaban J connectivity index is 2.45. The zero-order valence-corrected chi connectivity index (χ0v) is 10.9. The van der Waals surface area contributed by atoms with Crippen LogP contribution in [0.15, 0.2) is 21.4 Å². The zero-order valence-electron chi connectivity index (χ0n) is 7.69. The van der Waals surface area contributed by atoms with E-state index < -0.39 is 5.97 Å². The zero-order chi connectivity index (χ0) is 10.8. The standard InChI is InChI=1S/C9H6BrNO2S2/c1-13-9(12)7-8(14-4-11-7)5-2-3-6(10)15-5/h2-4H,1H3. The molecule has 0 aromatic carbocycles. The number of methoxy groups -OCH3 is 1. The van der Waals surface area contributed by atoms with Crippen molar-refractivity contribution in [2.45, 2.75) is 0 Å². The highest BCUT2D eigenvalue weighted by atomic mass is 79.9. The molecule has 0 fully saturated rings. The molecule has 15 heavy (non-hydrogen) atoms. The SMILES string of the molecule is COC(=O)c1ncsc1-c1ccc(Br)s1. The molecule has 78 valence electrons. The first-order valence-electron chi connectivity index (χ1n) is 4.00. The van der Waals surface area contributed by atoms with Gasteiger partial charge in [0.25, 0.3) is 0 Å². The maximum Gasteiger partial charge on any atom is 0.358 e. The van der Waals surface area contributed by atoms with Gasteiger partial charge in [0.2, 0.25) is 0 Å². The highest BCUT2D eigenvalue weighted by Gasteiger charge is 2.17. The van der Waals surface area contributed by atoms with E-state index >= 15 is 0 Å². The van der Waals surface area contributed by atoms with Gasteiger partial charge in [0.05, 0.1) is 21.3 Å². The molecule has 2 rings (SSSR count). The van der Waals surface area contributed by atoms with Gasteiger partial charge in [-0.05, 0) is 28.1 Å². The molecule has 0 unspecified atom stereocenters. The molecule has 2 aromatic rings. The van der Waals surface area contributed by atoms with Crippen molar-refractivity contribution in [1.82, 2.24) is 4.98 Å². The second-order valence-corrected chi connectivity index (χ2v) is 5.94. The highest BCUT2D eigenvalue weighted by Crippen LogP contribution is 2.35. The van der Waals surface area contributed by atoms with Gasteiger partial charge in [0.1, 0.15) is 0 Å². The fourth-order valence-electron chi connectivity index (χ4n) is 1.10. The number of thiazole rings is 1. The number of rotatable bonds is 2. The van der Waals surface area contributed by atoms with Gasteiger partial charge in [-0.3, -0.25) is 0 Å². The van der Waals surface area contributed by atoms with E-state index in [0.29, 0.717) is 5.69 Å². The predicted molar refractivity (Wildman–Crippen MR) is 64.5 cm³/mol. The van der Waals surface area contributed by atoms with Crippen LogP contribution in [-0.2, 0) is 4.74 Å². The van der Waals surface area contributed by atoms with E-state index in [0.717, 1.165) is 13.5 Å². The Morgan fingerprint density at radius 2 is 2.33 bits per heavy atom. The van der Waals surface area contributed by atoms with Crippen LogP contribution in [0.1, 0.15) is 10.5 Å². The number of hydrogen-bond acceptors (Lipinski definition) is 5. The Kier molecular flexibility index (Phi) is 3.18. The van der Waals surface area contributed by atoms with Crippen molar-refractivity contribution >= 4 is 44.6 Å². The van der Waals surface area contributed by atoms with Crippen molar-refractivity contribution in [3.8, 4) is 9.75 Å². The molecule has 3 nitrogen and oxygen atoms in total. The van der Waals surface area contributed by atoms with Crippen molar-refractivity contribution in [1.29, 1.82) is 0 Å². The number of nitrogens with zero attached hydrogens (tertiary/aromatic N) is 1. The molecule has 0 aliphatic rings. The Morgan fingerprint density at radius 3 is 2.93 bits per heavy atom. The molecule has 0 radical (unpaired) electrons. The molecule has 0 amide bonds. The second-order valence-electron chi connectivity index (χ2n) is 2.63. The van der Waals surface area contributed by atoms with Gasteiger partial charge in [0.15, 0.2) is 5.69 Å². The van der Waals surface area contributed by atoms with Crippen LogP contribution < -0.4 is 0 Å². The second kappa shape index (κ2) is 4.42. The van der Waals surface area contributed by atoms with Crippen LogP contribution in [-0.4, -0.2) is 18.1 Å². The largest absolute Gasteiger partial charge is 0.464 e. The van der Waals surface area contributed by atoms with Crippen LogP contribution in [0.5, 0.6) is 0 Å². The molecule has 0 aliphatic heterocycles. The summed E-state index contributed by atoms with van der Waals surface area (Å²) in [7, 11) is 1.36. The Labute approximate surface area is 103 Å². The molecule has 0 N–H and O–H groups in total. The quantitative estimate of drug-likeness (QED) is 0.798. The molecular weight excluding hydrogens is 298 g/mol. The smallest absolute Gasteiger partial charge is 0.358 e. The molecule has 2 aromatic heterocycles. The summed E-state index contributed by atoms with van der Waals surface area (Å²) in [6.07, 6.45) is 0. The summed E-state index contributed by atoms with van der Waals surface area (Å²) in [5.74, 6) is -0.393. The third-order valence-corrected chi connectivity index (χ3v) is 4.37. The van der Waals surface area contributed by atoms with Crippen LogP contribution >= 0.6 is 38.6 Å². The summed E-state index contributed by atoms with van der Waals surface area (Å²) >= 11 is 6.39. The van der Waals surface area contributed by atoms with Crippen molar-refractivity contribution in [2.75, 3.05) is 7.11 Å². The predicted octanol–water partition coefficient (Wildman–Crippen LogP) is 3.42. The topological polar surface area (TPSA) is 39.2 Å². The number of carbonyl (C=O) groups is 1. The van der Waals surface area contributed by atoms with Crippen LogP contribution in [0.25, 0.3) is 9.75 Å². The maximum absolute atomic E-state index is 11.4. The van der Waals surface area contributed by atoms with Crippen LogP contribution in [0.4, 0.5) is 0 Å². The summed E-state index contributed by atoms with van der Waals surface area (Å²) in [6.45, 7) is 0. The normalized spacial score (nSPS) is 10.3. The first-order valence-corrected chi connectivity index (χ1v) is 6.49. The lowest BCUT2D eigenvalue weighted by atomic mass is 10.3. The monoisotopic (exact) mass is 303 g/mol. The minimum Gasteiger partial charge on any atom is -0.464 e. The molecule has 2 heterocycles. The van der Waals surface area contributed by atoms with E-state index in [2.05, 4.69) is 25.7 Å². The average Bonchev–Trinajstić information content (AvgIpc) is 2.84. The van der Waals surface area contributed by atoms with Crippen LogP contribution in [0, 0.1) is 0 Å². The third-order valence-electron chi connectivity index (χ3n) is 1.74. The van der Waals surface area contributed by atoms with Gasteiger partial charge >= 0.3 is 5.97 Å². The van der Waals surface area contributed by atoms with E-state index in [1.807, 2.05) is 12.1 Å². The van der Waals surface area contributed by atoms with Gasteiger partial charge in [-0.2, -0.15) is 0 Å². The molecule has 6 heteroatoms. The number of aromatic nitrogens is 1. The van der Waals surface area contributed by atoms with Crippen molar-refractivity contribution < 1.29 is 9.53 Å². The Hall–Kier alpha value is -0.720. The first kappa shape index (κ1) is 10.8. The number of thiophene rings is 1. The Bertz CT molecular complexity index is 492. The molecule has 0 saturated carbocycles. The molecular formula is C9H6BrNO2S2. The molecule has 0 aliphatic carbocycles. The molecule has 0 atom stereocenters. The maximum atomic E-state index is 11.4. The van der Waals surface area contributed by atoms with E-state index in [1.54, 1.807) is 16.8 Å². The van der Waals surface area contributed by atoms with E-state index in [4.69, 9.17) is 0 Å². The number of ether oxygens (including phenoxy) is 1. The van der Waals surface area contributed by atoms with Crippen LogP contribution in [0.2, 0.25) is 0 Å². The first-order chi connectivity index (χ1) is 7.22. The Morgan fingerprint density at radius 1 is 1.53 bits per heavy atom. The van der Waals surface area contributed by atoms with E-state index in [1.165, 1.54) is 18.4 Å².